The summed E-state index contributed by atoms with van der Waals surface area (Å²) in [7, 11) is 1.48. The first-order valence-corrected chi connectivity index (χ1v) is 15.5. The van der Waals surface area contributed by atoms with Gasteiger partial charge in [-0.25, -0.2) is 14.8 Å². The largest absolute Gasteiger partial charge is 0.493 e. The minimum atomic E-state index is -0.410. The van der Waals surface area contributed by atoms with E-state index in [1.807, 2.05) is 48.7 Å². The standard InChI is InChI=1S/C33H27FIN5O4S/c1-20-3-11-26(12-4-20)38-33-39-28(19-45-33)22-5-7-23(8-6-22)32(42)40-36-17-21-15-27(35)31(29(16-21)43-2)44-18-30(41)37-25-13-9-24(34)10-14-25/h3-17,19H,18H2,1-2H3,(H,37,41)(H,38,39)(H,40,42)/b36-17+. The van der Waals surface area contributed by atoms with Crippen molar-refractivity contribution in [2.75, 3.05) is 24.4 Å². The van der Waals surface area contributed by atoms with E-state index in [0.717, 1.165) is 22.1 Å². The molecule has 3 N–H and O–H groups in total. The Hall–Kier alpha value is -4.82. The molecule has 0 aliphatic carbocycles. The Bertz CT molecular complexity index is 1830. The Morgan fingerprint density at radius 2 is 1.71 bits per heavy atom. The van der Waals surface area contributed by atoms with Crippen molar-refractivity contribution >= 4 is 68.5 Å². The Morgan fingerprint density at radius 1 is 1.00 bits per heavy atom. The van der Waals surface area contributed by atoms with Crippen LogP contribution in [0, 0.1) is 16.3 Å². The average Bonchev–Trinajstić information content (AvgIpc) is 3.51. The molecule has 0 saturated heterocycles. The molecule has 0 spiro atoms. The molecule has 1 heterocycles. The molecule has 0 atom stereocenters. The van der Waals surface area contributed by atoms with Gasteiger partial charge in [0.15, 0.2) is 23.2 Å². The number of aromatic nitrogens is 1. The normalized spacial score (nSPS) is 10.8. The number of ether oxygens (including phenoxy) is 2. The summed E-state index contributed by atoms with van der Waals surface area (Å²) in [5.74, 6) is -0.403. The number of hydrogen-bond donors (Lipinski definition) is 3. The van der Waals surface area contributed by atoms with Crippen molar-refractivity contribution in [3.63, 3.8) is 0 Å². The lowest BCUT2D eigenvalue weighted by Gasteiger charge is -2.13. The Balaban J connectivity index is 1.15. The topological polar surface area (TPSA) is 114 Å². The van der Waals surface area contributed by atoms with Crippen molar-refractivity contribution < 1.29 is 23.5 Å². The predicted molar refractivity (Wildman–Crippen MR) is 183 cm³/mol. The SMILES string of the molecule is COc1cc(/C=N/NC(=O)c2ccc(-c3csc(Nc4ccc(C)cc4)n3)cc2)cc(I)c1OCC(=O)Nc1ccc(F)cc1. The molecule has 5 rings (SSSR count). The summed E-state index contributed by atoms with van der Waals surface area (Å²) in [6, 6.07) is 24.1. The first kappa shape index (κ1) is 31.6. The number of anilines is 3. The van der Waals surface area contributed by atoms with Crippen LogP contribution in [0.2, 0.25) is 0 Å². The zero-order chi connectivity index (χ0) is 31.8. The molecule has 0 radical (unpaired) electrons. The number of methoxy groups -OCH3 is 1. The van der Waals surface area contributed by atoms with Crippen LogP contribution in [0.1, 0.15) is 21.5 Å². The summed E-state index contributed by atoms with van der Waals surface area (Å²) in [6.45, 7) is 1.77. The number of amides is 2. The minimum absolute atomic E-state index is 0.278. The van der Waals surface area contributed by atoms with E-state index in [2.05, 4.69) is 48.7 Å². The van der Waals surface area contributed by atoms with Gasteiger partial charge >= 0.3 is 0 Å². The molecule has 0 aliphatic heterocycles. The number of nitrogens with one attached hydrogen (secondary N) is 3. The lowest BCUT2D eigenvalue weighted by Crippen LogP contribution is -2.20. The monoisotopic (exact) mass is 735 g/mol. The van der Waals surface area contributed by atoms with Crippen LogP contribution in [0.4, 0.5) is 20.9 Å². The molecule has 0 unspecified atom stereocenters. The summed E-state index contributed by atoms with van der Waals surface area (Å²) in [5.41, 5.74) is 7.94. The summed E-state index contributed by atoms with van der Waals surface area (Å²) in [5, 5.41) is 12.8. The maximum Gasteiger partial charge on any atom is 0.271 e. The van der Waals surface area contributed by atoms with Crippen LogP contribution in [0.15, 0.2) is 95.4 Å². The fraction of sp³-hybridized carbons (Fsp3) is 0.0909. The van der Waals surface area contributed by atoms with Gasteiger partial charge in [0, 0.05) is 27.9 Å². The van der Waals surface area contributed by atoms with Crippen molar-refractivity contribution in [3.05, 3.63) is 116 Å². The zero-order valence-electron chi connectivity index (χ0n) is 24.1. The third-order valence-corrected chi connectivity index (χ3v) is 7.92. The van der Waals surface area contributed by atoms with Gasteiger partial charge in [-0.1, -0.05) is 29.8 Å². The van der Waals surface area contributed by atoms with E-state index in [-0.39, 0.29) is 12.5 Å². The van der Waals surface area contributed by atoms with E-state index in [9.17, 15) is 14.0 Å². The number of rotatable bonds is 11. The van der Waals surface area contributed by atoms with Gasteiger partial charge in [-0.2, -0.15) is 5.10 Å². The number of aryl methyl sites for hydroxylation is 1. The molecule has 5 aromatic rings. The number of benzene rings is 4. The van der Waals surface area contributed by atoms with Crippen molar-refractivity contribution in [2.45, 2.75) is 6.92 Å². The fourth-order valence-electron chi connectivity index (χ4n) is 4.07. The first-order chi connectivity index (χ1) is 21.8. The summed E-state index contributed by atoms with van der Waals surface area (Å²) in [6.07, 6.45) is 1.49. The van der Waals surface area contributed by atoms with E-state index in [1.54, 1.807) is 24.3 Å². The Kier molecular flexibility index (Phi) is 10.4. The molecule has 2 amide bonds. The highest BCUT2D eigenvalue weighted by Gasteiger charge is 2.14. The van der Waals surface area contributed by atoms with Crippen LogP contribution in [-0.2, 0) is 4.79 Å². The van der Waals surface area contributed by atoms with Crippen LogP contribution in [0.3, 0.4) is 0 Å². The van der Waals surface area contributed by atoms with E-state index in [4.69, 9.17) is 9.47 Å². The second-order valence-electron chi connectivity index (χ2n) is 9.68. The molecule has 0 aliphatic rings. The van der Waals surface area contributed by atoms with Crippen molar-refractivity contribution in [3.8, 4) is 22.8 Å². The van der Waals surface area contributed by atoms with Crippen LogP contribution in [0.25, 0.3) is 11.3 Å². The van der Waals surface area contributed by atoms with E-state index < -0.39 is 11.7 Å². The number of nitrogens with zero attached hydrogens (tertiary/aromatic N) is 2. The van der Waals surface area contributed by atoms with Gasteiger partial charge in [0.1, 0.15) is 5.82 Å². The fourth-order valence-corrected chi connectivity index (χ4v) is 5.59. The first-order valence-electron chi connectivity index (χ1n) is 13.6. The van der Waals surface area contributed by atoms with Crippen molar-refractivity contribution in [1.82, 2.24) is 10.4 Å². The highest BCUT2D eigenvalue weighted by molar-refractivity contribution is 14.1. The van der Waals surface area contributed by atoms with Gasteiger partial charge in [0.25, 0.3) is 11.8 Å². The number of hydrogen-bond acceptors (Lipinski definition) is 8. The number of carbonyl (C=O) groups is 2. The van der Waals surface area contributed by atoms with Gasteiger partial charge in [0.2, 0.25) is 0 Å². The van der Waals surface area contributed by atoms with Gasteiger partial charge < -0.3 is 20.1 Å². The third-order valence-electron chi connectivity index (χ3n) is 6.36. The molecule has 0 saturated carbocycles. The minimum Gasteiger partial charge on any atom is -0.493 e. The van der Waals surface area contributed by atoms with Crippen molar-refractivity contribution in [1.29, 1.82) is 0 Å². The summed E-state index contributed by atoms with van der Waals surface area (Å²) >= 11 is 3.57. The Morgan fingerprint density at radius 3 is 2.42 bits per heavy atom. The van der Waals surface area contributed by atoms with E-state index in [1.165, 1.54) is 54.5 Å². The molecule has 9 nitrogen and oxygen atoms in total. The van der Waals surface area contributed by atoms with Gasteiger partial charge in [-0.15, -0.1) is 11.3 Å². The van der Waals surface area contributed by atoms with Crippen LogP contribution >= 0.6 is 33.9 Å². The maximum absolute atomic E-state index is 13.1. The second kappa shape index (κ2) is 14.8. The molecule has 12 heteroatoms. The highest BCUT2D eigenvalue weighted by atomic mass is 127. The quantitative estimate of drug-likeness (QED) is 0.0741. The van der Waals surface area contributed by atoms with Crippen molar-refractivity contribution in [2.24, 2.45) is 5.10 Å². The molecular formula is C33H27FIN5O4S. The smallest absolute Gasteiger partial charge is 0.271 e. The average molecular weight is 736 g/mol. The lowest BCUT2D eigenvalue weighted by atomic mass is 10.1. The van der Waals surface area contributed by atoms with E-state index in [0.29, 0.717) is 31.9 Å². The molecule has 1 aromatic heterocycles. The zero-order valence-corrected chi connectivity index (χ0v) is 27.1. The van der Waals surface area contributed by atoms with Crippen LogP contribution in [0.5, 0.6) is 11.5 Å². The molecule has 0 bridgehead atoms. The molecule has 228 valence electrons. The third kappa shape index (κ3) is 8.64. The predicted octanol–water partition coefficient (Wildman–Crippen LogP) is 7.40. The lowest BCUT2D eigenvalue weighted by molar-refractivity contribution is -0.118. The molecule has 0 fully saturated rings. The number of carbonyl (C=O) groups excluding carboxylic acids is 2. The van der Waals surface area contributed by atoms with E-state index >= 15 is 0 Å². The highest BCUT2D eigenvalue weighted by Crippen LogP contribution is 2.33. The van der Waals surface area contributed by atoms with Gasteiger partial charge in [-0.3, -0.25) is 9.59 Å². The maximum atomic E-state index is 13.1. The molecular weight excluding hydrogens is 708 g/mol. The Labute approximate surface area is 276 Å². The number of thiazole rings is 1. The summed E-state index contributed by atoms with van der Waals surface area (Å²) in [4.78, 5) is 29.7. The molecule has 4 aromatic carbocycles. The molecule has 45 heavy (non-hydrogen) atoms. The van der Waals surface area contributed by atoms with Crippen LogP contribution < -0.4 is 25.5 Å². The summed E-state index contributed by atoms with van der Waals surface area (Å²) < 4.78 is 24.9. The number of halogens is 2. The number of hydrazone groups is 1. The van der Waals surface area contributed by atoms with Gasteiger partial charge in [-0.05, 0) is 95.7 Å². The second-order valence-corrected chi connectivity index (χ2v) is 11.7. The van der Waals surface area contributed by atoms with Crippen LogP contribution in [-0.4, -0.2) is 36.7 Å². The van der Waals surface area contributed by atoms with Gasteiger partial charge in [0.05, 0.1) is 22.6 Å².